The van der Waals surface area contributed by atoms with Crippen LogP contribution in [0.25, 0.3) is 0 Å². The minimum atomic E-state index is -1.24. The number of hydrogen-bond donors (Lipinski definition) is 1. The van der Waals surface area contributed by atoms with Gasteiger partial charge in [-0.2, -0.15) is 0 Å². The molecule has 1 unspecified atom stereocenters. The maximum absolute atomic E-state index is 12.3. The lowest BCUT2D eigenvalue weighted by Crippen LogP contribution is -2.30. The minimum absolute atomic E-state index is 0.113. The molecule has 2 aromatic rings. The summed E-state index contributed by atoms with van der Waals surface area (Å²) in [5.74, 6) is -1.18. The van der Waals surface area contributed by atoms with Crippen molar-refractivity contribution in [1.29, 1.82) is 0 Å². The summed E-state index contributed by atoms with van der Waals surface area (Å²) in [5.41, 5.74) is -0.871. The third kappa shape index (κ3) is 4.06. The van der Waals surface area contributed by atoms with E-state index in [-0.39, 0.29) is 29.7 Å². The van der Waals surface area contributed by atoms with Crippen molar-refractivity contribution in [3.05, 3.63) is 51.2 Å². The number of carbonyl (C=O) groups excluding carboxylic acids is 2. The molecule has 0 fully saturated rings. The van der Waals surface area contributed by atoms with Crippen LogP contribution in [0.15, 0.2) is 30.5 Å². The number of carbonyl (C=O) groups is 2. The van der Waals surface area contributed by atoms with Crippen LogP contribution in [0.5, 0.6) is 11.5 Å². The summed E-state index contributed by atoms with van der Waals surface area (Å²) in [7, 11) is 0. The molecule has 140 valence electrons. The van der Waals surface area contributed by atoms with Gasteiger partial charge < -0.3 is 19.5 Å². The summed E-state index contributed by atoms with van der Waals surface area (Å²) >= 11 is 5.71. The number of pyridine rings is 1. The van der Waals surface area contributed by atoms with Crippen LogP contribution >= 0.6 is 11.6 Å². The van der Waals surface area contributed by atoms with E-state index in [1.165, 1.54) is 25.3 Å². The maximum Gasteiger partial charge on any atom is 0.346 e. The SMILES string of the molecule is CC(OC(=O)c1cc2c(cc1[N+](=O)[O-])OCO2)C(=O)Nc1ccc(Cl)cn1. The van der Waals surface area contributed by atoms with Crippen LogP contribution in [0.3, 0.4) is 0 Å². The van der Waals surface area contributed by atoms with Crippen molar-refractivity contribution in [3.63, 3.8) is 0 Å². The van der Waals surface area contributed by atoms with Gasteiger partial charge in [0.25, 0.3) is 11.6 Å². The molecule has 2 heterocycles. The van der Waals surface area contributed by atoms with E-state index in [1.807, 2.05) is 0 Å². The first-order chi connectivity index (χ1) is 12.8. The second kappa shape index (κ2) is 7.46. The molecule has 1 atom stereocenters. The van der Waals surface area contributed by atoms with Crippen LogP contribution in [0.1, 0.15) is 17.3 Å². The van der Waals surface area contributed by atoms with Crippen LogP contribution < -0.4 is 14.8 Å². The highest BCUT2D eigenvalue weighted by atomic mass is 35.5. The molecule has 0 spiro atoms. The zero-order valence-corrected chi connectivity index (χ0v) is 14.6. The first-order valence-electron chi connectivity index (χ1n) is 7.56. The summed E-state index contributed by atoms with van der Waals surface area (Å²) in [6.45, 7) is 1.21. The van der Waals surface area contributed by atoms with Gasteiger partial charge in [-0.05, 0) is 19.1 Å². The quantitative estimate of drug-likeness (QED) is 0.466. The lowest BCUT2D eigenvalue weighted by atomic mass is 10.1. The summed E-state index contributed by atoms with van der Waals surface area (Å²) < 4.78 is 15.2. The van der Waals surface area contributed by atoms with Gasteiger partial charge in [-0.1, -0.05) is 11.6 Å². The fourth-order valence-electron chi connectivity index (χ4n) is 2.20. The molecule has 1 aromatic carbocycles. The number of nitro benzene ring substituents is 1. The molecule has 10 nitrogen and oxygen atoms in total. The van der Waals surface area contributed by atoms with Crippen LogP contribution in [0.2, 0.25) is 5.02 Å². The molecule has 1 aliphatic heterocycles. The Bertz CT molecular complexity index is 917. The Morgan fingerprint density at radius 3 is 2.67 bits per heavy atom. The third-order valence-electron chi connectivity index (χ3n) is 3.54. The van der Waals surface area contributed by atoms with Gasteiger partial charge >= 0.3 is 5.97 Å². The van der Waals surface area contributed by atoms with Crippen molar-refractivity contribution in [2.75, 3.05) is 12.1 Å². The normalized spacial score (nSPS) is 13.0. The Hall–Kier alpha value is -3.40. The molecule has 0 saturated carbocycles. The Labute approximate surface area is 157 Å². The van der Waals surface area contributed by atoms with E-state index < -0.39 is 28.6 Å². The Morgan fingerprint density at radius 1 is 1.33 bits per heavy atom. The number of aromatic nitrogens is 1. The number of nitro groups is 1. The second-order valence-corrected chi connectivity index (χ2v) is 5.81. The Balaban J connectivity index is 1.73. The van der Waals surface area contributed by atoms with Gasteiger partial charge in [0.2, 0.25) is 6.79 Å². The van der Waals surface area contributed by atoms with Crippen LogP contribution in [-0.2, 0) is 9.53 Å². The van der Waals surface area contributed by atoms with E-state index in [0.29, 0.717) is 5.02 Å². The molecule has 1 N–H and O–H groups in total. The predicted octanol–water partition coefficient (Wildman–Crippen LogP) is 2.56. The van der Waals surface area contributed by atoms with Crippen molar-refractivity contribution in [3.8, 4) is 11.5 Å². The number of benzene rings is 1. The fourth-order valence-corrected chi connectivity index (χ4v) is 2.31. The lowest BCUT2D eigenvalue weighted by molar-refractivity contribution is -0.385. The third-order valence-corrected chi connectivity index (χ3v) is 3.76. The summed E-state index contributed by atoms with van der Waals surface area (Å²) in [4.78, 5) is 38.8. The number of esters is 1. The van der Waals surface area contributed by atoms with E-state index in [4.69, 9.17) is 25.8 Å². The number of halogens is 1. The van der Waals surface area contributed by atoms with E-state index in [0.717, 1.165) is 12.1 Å². The lowest BCUT2D eigenvalue weighted by Gasteiger charge is -2.13. The first kappa shape index (κ1) is 18.4. The number of hydrogen-bond acceptors (Lipinski definition) is 8. The highest BCUT2D eigenvalue weighted by Crippen LogP contribution is 2.38. The average Bonchev–Trinajstić information content (AvgIpc) is 3.09. The van der Waals surface area contributed by atoms with Crippen molar-refractivity contribution >= 4 is 35.0 Å². The molecule has 0 radical (unpaired) electrons. The van der Waals surface area contributed by atoms with Gasteiger partial charge in [0.1, 0.15) is 11.4 Å². The monoisotopic (exact) mass is 393 g/mol. The standard InChI is InChI=1S/C16H12ClN3O7/c1-8(15(21)19-14-3-2-9(17)6-18-14)27-16(22)10-4-12-13(26-7-25-12)5-11(10)20(23)24/h2-6,8H,7H2,1H3,(H,18,19,21). The summed E-state index contributed by atoms with van der Waals surface area (Å²) in [6, 6.07) is 5.21. The maximum atomic E-state index is 12.3. The van der Waals surface area contributed by atoms with E-state index in [1.54, 1.807) is 0 Å². The number of rotatable bonds is 5. The Morgan fingerprint density at radius 2 is 2.04 bits per heavy atom. The number of fused-ring (bicyclic) bond motifs is 1. The molecule has 0 bridgehead atoms. The van der Waals surface area contributed by atoms with Gasteiger partial charge in [0.15, 0.2) is 17.6 Å². The number of nitrogens with zero attached hydrogens (tertiary/aromatic N) is 2. The van der Waals surface area contributed by atoms with Gasteiger partial charge in [-0.15, -0.1) is 0 Å². The second-order valence-electron chi connectivity index (χ2n) is 5.38. The molecule has 11 heteroatoms. The molecular weight excluding hydrogens is 382 g/mol. The largest absolute Gasteiger partial charge is 0.454 e. The topological polar surface area (TPSA) is 130 Å². The van der Waals surface area contributed by atoms with Crippen LogP contribution in [0, 0.1) is 10.1 Å². The number of amides is 1. The summed E-state index contributed by atoms with van der Waals surface area (Å²) in [6.07, 6.45) is 0.101. The Kier molecular flexibility index (Phi) is 5.08. The van der Waals surface area contributed by atoms with E-state index in [9.17, 15) is 19.7 Å². The highest BCUT2D eigenvalue weighted by molar-refractivity contribution is 6.30. The van der Waals surface area contributed by atoms with Crippen molar-refractivity contribution in [2.45, 2.75) is 13.0 Å². The van der Waals surface area contributed by atoms with E-state index in [2.05, 4.69) is 10.3 Å². The zero-order chi connectivity index (χ0) is 19.6. The van der Waals surface area contributed by atoms with E-state index >= 15 is 0 Å². The summed E-state index contributed by atoms with van der Waals surface area (Å²) in [5, 5.41) is 14.0. The molecule has 1 aromatic heterocycles. The minimum Gasteiger partial charge on any atom is -0.454 e. The number of anilines is 1. The molecular formula is C16H12ClN3O7. The zero-order valence-electron chi connectivity index (χ0n) is 13.8. The van der Waals surface area contributed by atoms with Crippen LogP contribution in [0.4, 0.5) is 11.5 Å². The number of nitrogens with one attached hydrogen (secondary N) is 1. The highest BCUT2D eigenvalue weighted by Gasteiger charge is 2.30. The molecule has 3 rings (SSSR count). The predicted molar refractivity (Wildman–Crippen MR) is 92.0 cm³/mol. The van der Waals surface area contributed by atoms with Crippen molar-refractivity contribution < 1.29 is 28.7 Å². The fraction of sp³-hybridized carbons (Fsp3) is 0.188. The molecule has 1 aliphatic rings. The van der Waals surface area contributed by atoms with Crippen LogP contribution in [-0.4, -0.2) is 34.7 Å². The number of ether oxygens (including phenoxy) is 3. The first-order valence-corrected chi connectivity index (χ1v) is 7.94. The average molecular weight is 394 g/mol. The molecule has 1 amide bonds. The van der Waals surface area contributed by atoms with Gasteiger partial charge in [0, 0.05) is 12.3 Å². The molecule has 0 saturated heterocycles. The van der Waals surface area contributed by atoms with Gasteiger partial charge in [-0.3, -0.25) is 14.9 Å². The molecule has 0 aliphatic carbocycles. The van der Waals surface area contributed by atoms with Crippen molar-refractivity contribution in [1.82, 2.24) is 4.98 Å². The van der Waals surface area contributed by atoms with Gasteiger partial charge in [-0.25, -0.2) is 9.78 Å². The molecule has 27 heavy (non-hydrogen) atoms. The van der Waals surface area contributed by atoms with Crippen molar-refractivity contribution in [2.24, 2.45) is 0 Å². The van der Waals surface area contributed by atoms with Gasteiger partial charge in [0.05, 0.1) is 16.0 Å². The smallest absolute Gasteiger partial charge is 0.346 e.